The second kappa shape index (κ2) is 4.73. The van der Waals surface area contributed by atoms with Crippen molar-refractivity contribution < 1.29 is 4.79 Å². The van der Waals surface area contributed by atoms with Crippen LogP contribution >= 0.6 is 0 Å². The summed E-state index contributed by atoms with van der Waals surface area (Å²) in [5, 5.41) is 2.46. The Bertz CT molecular complexity index is 652. The van der Waals surface area contributed by atoms with Crippen LogP contribution in [0.1, 0.15) is 63.0 Å². The number of carbonyl (C=O) groups is 1. The molecule has 0 aliphatic carbocycles. The molecule has 0 saturated carbocycles. The van der Waals surface area contributed by atoms with Crippen molar-refractivity contribution in [1.29, 1.82) is 0 Å². The van der Waals surface area contributed by atoms with Crippen molar-refractivity contribution in [2.24, 2.45) is 0 Å². The number of carbonyl (C=O) groups excluding carboxylic acids is 1. The maximum absolute atomic E-state index is 11.4. The van der Waals surface area contributed by atoms with Gasteiger partial charge in [0.05, 0.1) is 0 Å². The zero-order chi connectivity index (χ0) is 15.1. The molecular formula is C19H24O. The summed E-state index contributed by atoms with van der Waals surface area (Å²) in [6, 6.07) is 10.5. The van der Waals surface area contributed by atoms with Crippen molar-refractivity contribution in [1.82, 2.24) is 0 Å². The van der Waals surface area contributed by atoms with E-state index < -0.39 is 0 Å². The van der Waals surface area contributed by atoms with Gasteiger partial charge in [-0.2, -0.15) is 0 Å². The Balaban J connectivity index is 2.94. The molecule has 2 rings (SSSR count). The molecule has 2 aromatic rings. The molecule has 0 heterocycles. The van der Waals surface area contributed by atoms with Gasteiger partial charge in [-0.1, -0.05) is 71.9 Å². The molecule has 0 aromatic heterocycles. The van der Waals surface area contributed by atoms with Crippen LogP contribution < -0.4 is 0 Å². The lowest BCUT2D eigenvalue weighted by Crippen LogP contribution is -2.17. The lowest BCUT2D eigenvalue weighted by atomic mass is 9.77. The molecule has 0 amide bonds. The van der Waals surface area contributed by atoms with E-state index in [-0.39, 0.29) is 10.8 Å². The second-order valence-electron chi connectivity index (χ2n) is 7.55. The van der Waals surface area contributed by atoms with Gasteiger partial charge >= 0.3 is 0 Å². The van der Waals surface area contributed by atoms with E-state index >= 15 is 0 Å². The number of benzene rings is 2. The summed E-state index contributed by atoms with van der Waals surface area (Å²) in [6.07, 6.45) is 0.976. The predicted octanol–water partition coefficient (Wildman–Crippen LogP) is 5.25. The molecule has 0 aliphatic heterocycles. The highest BCUT2D eigenvalue weighted by atomic mass is 16.1. The third-order valence-corrected chi connectivity index (χ3v) is 3.78. The lowest BCUT2D eigenvalue weighted by molar-refractivity contribution is 0.112. The van der Waals surface area contributed by atoms with Gasteiger partial charge in [-0.25, -0.2) is 0 Å². The van der Waals surface area contributed by atoms with E-state index in [0.717, 1.165) is 17.4 Å². The molecule has 1 heteroatoms. The topological polar surface area (TPSA) is 17.1 Å². The summed E-state index contributed by atoms with van der Waals surface area (Å²) in [5.74, 6) is 0. The molecule has 106 valence electrons. The molecule has 0 aliphatic rings. The van der Waals surface area contributed by atoms with Crippen molar-refractivity contribution in [2.75, 3.05) is 0 Å². The summed E-state index contributed by atoms with van der Waals surface area (Å²) in [5.41, 5.74) is 3.33. The molecule has 1 nitrogen and oxygen atoms in total. The standard InChI is InChI=1S/C19H24O/c1-18(2,3)16-9-7-8-15-14(16)11-10-13(12-20)17(15)19(4,5)6/h7-12H,1-6H3. The van der Waals surface area contributed by atoms with Crippen molar-refractivity contribution in [3.05, 3.63) is 47.0 Å². The third kappa shape index (κ3) is 2.49. The summed E-state index contributed by atoms with van der Waals surface area (Å²) in [6.45, 7) is 13.2. The largest absolute Gasteiger partial charge is 0.298 e. The second-order valence-corrected chi connectivity index (χ2v) is 7.55. The van der Waals surface area contributed by atoms with Gasteiger partial charge < -0.3 is 0 Å². The molecule has 0 atom stereocenters. The van der Waals surface area contributed by atoms with Crippen molar-refractivity contribution >= 4 is 17.1 Å². The van der Waals surface area contributed by atoms with Crippen LogP contribution in [0, 0.1) is 0 Å². The SMILES string of the molecule is CC(C)(C)c1cccc2c(C(C)(C)C)c(C=O)ccc12. The first-order valence-electron chi connectivity index (χ1n) is 7.18. The molecule has 0 spiro atoms. The maximum Gasteiger partial charge on any atom is 0.150 e. The number of hydrogen-bond acceptors (Lipinski definition) is 1. The zero-order valence-corrected chi connectivity index (χ0v) is 13.4. The fraction of sp³-hybridized carbons (Fsp3) is 0.421. The summed E-state index contributed by atoms with van der Waals surface area (Å²) in [4.78, 5) is 11.4. The number of rotatable bonds is 1. The Hall–Kier alpha value is -1.63. The van der Waals surface area contributed by atoms with Gasteiger partial charge in [-0.15, -0.1) is 0 Å². The van der Waals surface area contributed by atoms with Gasteiger partial charge in [0.2, 0.25) is 0 Å². The minimum atomic E-state index is -0.0493. The molecule has 0 N–H and O–H groups in total. The Morgan fingerprint density at radius 3 is 1.95 bits per heavy atom. The number of fused-ring (bicyclic) bond motifs is 1. The van der Waals surface area contributed by atoms with Crippen LogP contribution in [0.15, 0.2) is 30.3 Å². The smallest absolute Gasteiger partial charge is 0.150 e. The minimum Gasteiger partial charge on any atom is -0.298 e. The fourth-order valence-corrected chi connectivity index (χ4v) is 2.96. The van der Waals surface area contributed by atoms with E-state index in [9.17, 15) is 4.79 Å². The molecule has 0 fully saturated rings. The molecular weight excluding hydrogens is 244 g/mol. The van der Waals surface area contributed by atoms with Crippen LogP contribution in [-0.4, -0.2) is 6.29 Å². The molecule has 20 heavy (non-hydrogen) atoms. The average molecular weight is 268 g/mol. The summed E-state index contributed by atoms with van der Waals surface area (Å²) < 4.78 is 0. The van der Waals surface area contributed by atoms with E-state index in [0.29, 0.717) is 0 Å². The van der Waals surface area contributed by atoms with Gasteiger partial charge in [0.1, 0.15) is 6.29 Å². The highest BCUT2D eigenvalue weighted by molar-refractivity contribution is 5.96. The van der Waals surface area contributed by atoms with Crippen LogP contribution in [0.2, 0.25) is 0 Å². The molecule has 0 bridgehead atoms. The summed E-state index contributed by atoms with van der Waals surface area (Å²) >= 11 is 0. The van der Waals surface area contributed by atoms with Crippen molar-refractivity contribution in [2.45, 2.75) is 52.4 Å². The highest BCUT2D eigenvalue weighted by Gasteiger charge is 2.23. The number of hydrogen-bond donors (Lipinski definition) is 0. The van der Waals surface area contributed by atoms with Gasteiger partial charge in [0.15, 0.2) is 0 Å². The zero-order valence-electron chi connectivity index (χ0n) is 13.4. The Morgan fingerprint density at radius 1 is 0.800 bits per heavy atom. The normalized spacial score (nSPS) is 12.7. The fourth-order valence-electron chi connectivity index (χ4n) is 2.96. The predicted molar refractivity (Wildman–Crippen MR) is 86.7 cm³/mol. The first kappa shape index (κ1) is 14.8. The Kier molecular flexibility index (Phi) is 3.49. The quantitative estimate of drug-likeness (QED) is 0.646. The van der Waals surface area contributed by atoms with E-state index in [1.54, 1.807) is 0 Å². The lowest BCUT2D eigenvalue weighted by Gasteiger charge is -2.27. The van der Waals surface area contributed by atoms with E-state index in [1.165, 1.54) is 16.3 Å². The first-order valence-corrected chi connectivity index (χ1v) is 7.18. The third-order valence-electron chi connectivity index (χ3n) is 3.78. The monoisotopic (exact) mass is 268 g/mol. The van der Waals surface area contributed by atoms with Gasteiger partial charge in [0, 0.05) is 5.56 Å². The van der Waals surface area contributed by atoms with Crippen LogP contribution in [-0.2, 0) is 10.8 Å². The van der Waals surface area contributed by atoms with Gasteiger partial charge in [-0.3, -0.25) is 4.79 Å². The maximum atomic E-state index is 11.4. The molecule has 0 radical (unpaired) electrons. The van der Waals surface area contributed by atoms with Crippen molar-refractivity contribution in [3.63, 3.8) is 0 Å². The Labute approximate surface area is 122 Å². The molecule has 0 saturated heterocycles. The molecule has 0 unspecified atom stereocenters. The number of aldehydes is 1. The van der Waals surface area contributed by atoms with Crippen LogP contribution in [0.4, 0.5) is 0 Å². The average Bonchev–Trinajstić information content (AvgIpc) is 2.34. The van der Waals surface area contributed by atoms with Gasteiger partial charge in [0.25, 0.3) is 0 Å². The molecule has 2 aromatic carbocycles. The highest BCUT2D eigenvalue weighted by Crippen LogP contribution is 2.37. The minimum absolute atomic E-state index is 0.0493. The van der Waals surface area contributed by atoms with Crippen LogP contribution in [0.5, 0.6) is 0 Å². The van der Waals surface area contributed by atoms with Gasteiger partial charge in [-0.05, 0) is 32.7 Å². The Morgan fingerprint density at radius 2 is 1.45 bits per heavy atom. The van der Waals surface area contributed by atoms with E-state index in [1.807, 2.05) is 6.07 Å². The first-order chi connectivity index (χ1) is 9.16. The van der Waals surface area contributed by atoms with E-state index in [2.05, 4.69) is 65.8 Å². The van der Waals surface area contributed by atoms with Crippen LogP contribution in [0.25, 0.3) is 10.8 Å². The summed E-state index contributed by atoms with van der Waals surface area (Å²) in [7, 11) is 0. The van der Waals surface area contributed by atoms with Crippen molar-refractivity contribution in [3.8, 4) is 0 Å². The van der Waals surface area contributed by atoms with E-state index in [4.69, 9.17) is 0 Å². The van der Waals surface area contributed by atoms with Crippen LogP contribution in [0.3, 0.4) is 0 Å².